The van der Waals surface area contributed by atoms with E-state index in [-0.39, 0.29) is 17.0 Å². The number of methoxy groups -OCH3 is 2. The minimum Gasteiger partial charge on any atom is -0.492 e. The van der Waals surface area contributed by atoms with Crippen molar-refractivity contribution in [2.45, 2.75) is 13.8 Å². The molecule has 238 valence electrons. The molecule has 0 aliphatic carbocycles. The third-order valence-electron chi connectivity index (χ3n) is 7.47. The first kappa shape index (κ1) is 33.4. The zero-order valence-corrected chi connectivity index (χ0v) is 28.2. The van der Waals surface area contributed by atoms with E-state index in [0.717, 1.165) is 10.6 Å². The molecule has 0 atom stereocenters. The zero-order chi connectivity index (χ0) is 33.4. The van der Waals surface area contributed by atoms with Crippen LogP contribution in [0.25, 0.3) is 0 Å². The van der Waals surface area contributed by atoms with Gasteiger partial charge in [0.25, 0.3) is 5.95 Å². The van der Waals surface area contributed by atoms with Gasteiger partial charge in [0.05, 0.1) is 26.0 Å². The molecule has 6 rings (SSSR count). The van der Waals surface area contributed by atoms with Gasteiger partial charge >= 0.3 is 0 Å². The Kier molecular flexibility index (Phi) is 10.7. The SMILES string of the molecule is COc1coc(OC)c1C(=O)P(c1ccccc1)c1ccccc1.Cc1coc(C)c1C(=O)P(=O)(c1ccccc1)c1ccccc1. The van der Waals surface area contributed by atoms with E-state index in [9.17, 15) is 14.2 Å². The minimum atomic E-state index is -3.46. The predicted molar refractivity (Wildman–Crippen MR) is 187 cm³/mol. The van der Waals surface area contributed by atoms with Gasteiger partial charge in [0.1, 0.15) is 17.6 Å². The number of aryl methyl sites for hydroxylation is 2. The molecule has 0 bridgehead atoms. The summed E-state index contributed by atoms with van der Waals surface area (Å²) in [5.41, 5.74) is 1.03. The molecular weight excluding hydrogens is 630 g/mol. The van der Waals surface area contributed by atoms with Crippen LogP contribution in [0.5, 0.6) is 11.7 Å². The lowest BCUT2D eigenvalue weighted by Gasteiger charge is -2.18. The minimum absolute atomic E-state index is 0.0650. The third kappa shape index (κ3) is 6.92. The molecule has 6 aromatic rings. The molecule has 0 radical (unpaired) electrons. The van der Waals surface area contributed by atoms with Crippen LogP contribution in [0, 0.1) is 13.8 Å². The first-order valence-corrected chi connectivity index (χ1v) is 17.8. The first-order valence-electron chi connectivity index (χ1n) is 14.8. The second kappa shape index (κ2) is 15.1. The Morgan fingerprint density at radius 2 is 1.09 bits per heavy atom. The van der Waals surface area contributed by atoms with Gasteiger partial charge in [-0.25, -0.2) is 0 Å². The van der Waals surface area contributed by atoms with Gasteiger partial charge in [0.2, 0.25) is 18.2 Å². The van der Waals surface area contributed by atoms with Crippen molar-refractivity contribution < 1.29 is 32.5 Å². The molecule has 0 fully saturated rings. The molecule has 0 saturated carbocycles. The second-order valence-electron chi connectivity index (χ2n) is 10.4. The van der Waals surface area contributed by atoms with Crippen molar-refractivity contribution in [1.82, 2.24) is 0 Å². The van der Waals surface area contributed by atoms with E-state index in [1.54, 1.807) is 62.4 Å². The number of rotatable bonds is 10. The van der Waals surface area contributed by atoms with Crippen molar-refractivity contribution in [2.24, 2.45) is 0 Å². The molecule has 7 nitrogen and oxygen atoms in total. The number of benzene rings is 4. The smallest absolute Gasteiger partial charge is 0.299 e. The highest BCUT2D eigenvalue weighted by molar-refractivity contribution is 7.93. The summed E-state index contributed by atoms with van der Waals surface area (Å²) in [4.78, 5) is 26.6. The van der Waals surface area contributed by atoms with Crippen molar-refractivity contribution in [3.8, 4) is 11.7 Å². The summed E-state index contributed by atoms with van der Waals surface area (Å²) < 4.78 is 35.1. The Balaban J connectivity index is 0.000000185. The largest absolute Gasteiger partial charge is 0.492 e. The van der Waals surface area contributed by atoms with E-state index < -0.39 is 15.1 Å². The Morgan fingerprint density at radius 3 is 1.49 bits per heavy atom. The van der Waals surface area contributed by atoms with Crippen LogP contribution in [0.3, 0.4) is 0 Å². The Bertz CT molecular complexity index is 1860. The summed E-state index contributed by atoms with van der Waals surface area (Å²) >= 11 is 0. The van der Waals surface area contributed by atoms with Crippen LogP contribution in [0.15, 0.2) is 143 Å². The summed E-state index contributed by atoms with van der Waals surface area (Å²) in [7, 11) is -1.74. The van der Waals surface area contributed by atoms with E-state index in [2.05, 4.69) is 0 Å². The van der Waals surface area contributed by atoms with E-state index >= 15 is 0 Å². The fourth-order valence-electron chi connectivity index (χ4n) is 5.18. The zero-order valence-electron chi connectivity index (χ0n) is 26.5. The van der Waals surface area contributed by atoms with E-state index in [4.69, 9.17) is 18.3 Å². The maximum atomic E-state index is 13.9. The monoisotopic (exact) mass is 664 g/mol. The quantitative estimate of drug-likeness (QED) is 0.139. The average molecular weight is 665 g/mol. The van der Waals surface area contributed by atoms with Crippen molar-refractivity contribution >= 4 is 47.3 Å². The number of carbonyl (C=O) groups is 2. The van der Waals surface area contributed by atoms with Crippen molar-refractivity contribution in [2.75, 3.05) is 14.2 Å². The molecule has 0 aliphatic heterocycles. The third-order valence-corrected chi connectivity index (χ3v) is 12.6. The molecule has 2 aromatic heterocycles. The maximum Gasteiger partial charge on any atom is 0.299 e. The summed E-state index contributed by atoms with van der Waals surface area (Å²) in [5.74, 6) is 1.06. The highest BCUT2D eigenvalue weighted by Gasteiger charge is 2.39. The van der Waals surface area contributed by atoms with Crippen LogP contribution in [-0.2, 0) is 4.57 Å². The van der Waals surface area contributed by atoms with Crippen LogP contribution in [0.2, 0.25) is 0 Å². The maximum absolute atomic E-state index is 13.9. The van der Waals surface area contributed by atoms with Gasteiger partial charge < -0.3 is 22.9 Å². The fourth-order valence-corrected chi connectivity index (χ4v) is 9.91. The van der Waals surface area contributed by atoms with Gasteiger partial charge in [-0.3, -0.25) is 9.59 Å². The van der Waals surface area contributed by atoms with Gasteiger partial charge in [-0.1, -0.05) is 121 Å². The number of hydrogen-bond acceptors (Lipinski definition) is 7. The number of carbonyl (C=O) groups excluding carboxylic acids is 2. The molecule has 0 spiro atoms. The lowest BCUT2D eigenvalue weighted by molar-refractivity contribution is 0.106. The molecule has 47 heavy (non-hydrogen) atoms. The molecule has 4 aromatic carbocycles. The van der Waals surface area contributed by atoms with Crippen LogP contribution >= 0.6 is 15.1 Å². The molecule has 0 saturated heterocycles. The summed E-state index contributed by atoms with van der Waals surface area (Å²) in [6, 6.07) is 37.4. The standard InChI is InChI=1S/C19H17O4P.C19H17O3P/c1-21-16-13-23-19(22-2)17(16)18(20)24(14-9-5-3-6-10-14)15-11-7-4-8-12-15;1-14-13-22-15(2)18(14)19(20)23(21,16-9-5-3-6-10-16)17-11-7-4-8-12-17/h3-13H,1-2H3;3-13H,1-2H3. The molecular formula is C38H34O7P2. The second-order valence-corrected chi connectivity index (χ2v) is 15.2. The van der Waals surface area contributed by atoms with E-state index in [1.165, 1.54) is 26.7 Å². The summed E-state index contributed by atoms with van der Waals surface area (Å²) in [6.07, 6.45) is 2.93. The highest BCUT2D eigenvalue weighted by atomic mass is 31.2. The number of furan rings is 2. The molecule has 0 aliphatic rings. The number of hydrogen-bond donors (Lipinski definition) is 0. The highest BCUT2D eigenvalue weighted by Crippen LogP contribution is 2.48. The van der Waals surface area contributed by atoms with Crippen LogP contribution in [-0.4, -0.2) is 25.3 Å². The molecule has 2 heterocycles. The molecule has 0 amide bonds. The Morgan fingerprint density at radius 1 is 0.617 bits per heavy atom. The lowest BCUT2D eigenvalue weighted by Crippen LogP contribution is -2.23. The molecule has 0 N–H and O–H groups in total. The Labute approximate surface area is 275 Å². The molecule has 9 heteroatoms. The van der Waals surface area contributed by atoms with Gasteiger partial charge in [-0.05, 0) is 30.0 Å². The predicted octanol–water partition coefficient (Wildman–Crippen LogP) is 7.62. The van der Waals surface area contributed by atoms with Crippen molar-refractivity contribution in [1.29, 1.82) is 0 Å². The van der Waals surface area contributed by atoms with Crippen molar-refractivity contribution in [3.05, 3.63) is 156 Å². The van der Waals surface area contributed by atoms with Gasteiger partial charge in [0.15, 0.2) is 5.75 Å². The van der Waals surface area contributed by atoms with Gasteiger partial charge in [-0.2, -0.15) is 0 Å². The Hall–Kier alpha value is -4.96. The summed E-state index contributed by atoms with van der Waals surface area (Å²) in [6.45, 7) is 3.52. The fraction of sp³-hybridized carbons (Fsp3) is 0.105. The number of ether oxygens (including phenoxy) is 2. The van der Waals surface area contributed by atoms with Crippen LogP contribution in [0.4, 0.5) is 0 Å². The van der Waals surface area contributed by atoms with E-state index in [1.807, 2.05) is 72.8 Å². The first-order chi connectivity index (χ1) is 22.8. The normalized spacial score (nSPS) is 11.0. The van der Waals surface area contributed by atoms with Crippen LogP contribution in [0.1, 0.15) is 32.0 Å². The lowest BCUT2D eigenvalue weighted by atomic mass is 10.2. The molecule has 0 unspecified atom stereocenters. The topological polar surface area (TPSA) is 95.9 Å². The van der Waals surface area contributed by atoms with Gasteiger partial charge in [0, 0.05) is 18.5 Å². The van der Waals surface area contributed by atoms with E-state index in [0.29, 0.717) is 38.8 Å². The summed E-state index contributed by atoms with van der Waals surface area (Å²) in [5, 5.41) is 3.01. The van der Waals surface area contributed by atoms with Crippen molar-refractivity contribution in [3.63, 3.8) is 0 Å². The van der Waals surface area contributed by atoms with Gasteiger partial charge in [-0.15, -0.1) is 0 Å². The van der Waals surface area contributed by atoms with Crippen LogP contribution < -0.4 is 30.7 Å². The average Bonchev–Trinajstić information content (AvgIpc) is 3.71.